The monoisotopic (exact) mass is 286 g/mol. The quantitative estimate of drug-likeness (QED) is 0.644. The van der Waals surface area contributed by atoms with Gasteiger partial charge in [-0.05, 0) is 42.8 Å². The Morgan fingerprint density at radius 1 is 1.25 bits per heavy atom. The minimum atomic E-state index is 0.175. The SMILES string of the molecule is CCc1cc(C)c2cc(C)sc2c1N=Nc1ncno1. The lowest BCUT2D eigenvalue weighted by Gasteiger charge is -2.06. The molecule has 102 valence electrons. The van der Waals surface area contributed by atoms with Gasteiger partial charge in [0, 0.05) is 4.88 Å². The predicted octanol–water partition coefficient (Wildman–Crippen LogP) is 4.88. The van der Waals surface area contributed by atoms with E-state index in [-0.39, 0.29) is 6.01 Å². The number of hydrogen-bond donors (Lipinski definition) is 0. The van der Waals surface area contributed by atoms with Gasteiger partial charge in [-0.1, -0.05) is 23.3 Å². The van der Waals surface area contributed by atoms with Crippen LogP contribution in [0.15, 0.2) is 33.2 Å². The molecule has 0 N–H and O–H groups in total. The molecule has 3 aromatic rings. The number of fused-ring (bicyclic) bond motifs is 1. The third kappa shape index (κ3) is 2.22. The summed E-state index contributed by atoms with van der Waals surface area (Å²) < 4.78 is 6.02. The van der Waals surface area contributed by atoms with Gasteiger partial charge in [0.1, 0.15) is 5.69 Å². The molecule has 0 aliphatic rings. The highest BCUT2D eigenvalue weighted by atomic mass is 32.1. The maximum absolute atomic E-state index is 4.85. The van der Waals surface area contributed by atoms with Crippen LogP contribution in [0.2, 0.25) is 0 Å². The van der Waals surface area contributed by atoms with E-state index in [9.17, 15) is 0 Å². The maximum Gasteiger partial charge on any atom is 0.365 e. The first-order chi connectivity index (χ1) is 9.69. The summed E-state index contributed by atoms with van der Waals surface area (Å²) in [6, 6.07) is 4.55. The summed E-state index contributed by atoms with van der Waals surface area (Å²) >= 11 is 1.74. The van der Waals surface area contributed by atoms with Crippen LogP contribution in [-0.4, -0.2) is 10.1 Å². The zero-order valence-electron chi connectivity index (χ0n) is 11.5. The van der Waals surface area contributed by atoms with Gasteiger partial charge in [0.15, 0.2) is 6.33 Å². The average molecular weight is 286 g/mol. The van der Waals surface area contributed by atoms with Gasteiger partial charge in [-0.3, -0.25) is 0 Å². The smallest absolute Gasteiger partial charge is 0.312 e. The molecule has 0 unspecified atom stereocenters. The molecular weight excluding hydrogens is 272 g/mol. The predicted molar refractivity (Wildman–Crippen MR) is 79.2 cm³/mol. The van der Waals surface area contributed by atoms with Gasteiger partial charge in [-0.2, -0.15) is 4.98 Å². The van der Waals surface area contributed by atoms with Crippen molar-refractivity contribution in [3.63, 3.8) is 0 Å². The minimum Gasteiger partial charge on any atom is -0.312 e. The van der Waals surface area contributed by atoms with Crippen molar-refractivity contribution in [3.05, 3.63) is 34.5 Å². The molecule has 0 amide bonds. The van der Waals surface area contributed by atoms with E-state index >= 15 is 0 Å². The van der Waals surface area contributed by atoms with Crippen LogP contribution < -0.4 is 0 Å². The Hall–Kier alpha value is -2.08. The van der Waals surface area contributed by atoms with E-state index in [0.29, 0.717) is 0 Å². The first kappa shape index (κ1) is 12.9. The van der Waals surface area contributed by atoms with Crippen molar-refractivity contribution in [1.82, 2.24) is 10.1 Å². The van der Waals surface area contributed by atoms with Crippen molar-refractivity contribution < 1.29 is 4.52 Å². The van der Waals surface area contributed by atoms with E-state index < -0.39 is 0 Å². The molecule has 0 spiro atoms. The highest BCUT2D eigenvalue weighted by Crippen LogP contribution is 2.39. The van der Waals surface area contributed by atoms with Gasteiger partial charge in [-0.25, -0.2) is 0 Å². The summed E-state index contributed by atoms with van der Waals surface area (Å²) in [7, 11) is 0. The summed E-state index contributed by atoms with van der Waals surface area (Å²) in [5, 5.41) is 13.1. The fourth-order valence-corrected chi connectivity index (χ4v) is 3.32. The molecule has 0 radical (unpaired) electrons. The Bertz CT molecular complexity index is 774. The molecule has 20 heavy (non-hydrogen) atoms. The fraction of sp³-hybridized carbons (Fsp3) is 0.286. The Kier molecular flexibility index (Phi) is 3.31. The van der Waals surface area contributed by atoms with E-state index in [1.165, 1.54) is 32.4 Å². The summed E-state index contributed by atoms with van der Waals surface area (Å²) in [5.74, 6) is 0. The van der Waals surface area contributed by atoms with E-state index in [2.05, 4.69) is 53.3 Å². The minimum absolute atomic E-state index is 0.175. The topological polar surface area (TPSA) is 63.6 Å². The van der Waals surface area contributed by atoms with Crippen molar-refractivity contribution in [2.24, 2.45) is 10.2 Å². The van der Waals surface area contributed by atoms with Crippen molar-refractivity contribution >= 4 is 33.1 Å². The second-order valence-electron chi connectivity index (χ2n) is 4.58. The zero-order chi connectivity index (χ0) is 14.1. The average Bonchev–Trinajstić information content (AvgIpc) is 3.06. The van der Waals surface area contributed by atoms with Gasteiger partial charge in [0.2, 0.25) is 0 Å². The molecule has 0 saturated heterocycles. The second-order valence-corrected chi connectivity index (χ2v) is 5.83. The molecule has 5 nitrogen and oxygen atoms in total. The van der Waals surface area contributed by atoms with Gasteiger partial charge in [0.25, 0.3) is 0 Å². The Balaban J connectivity index is 2.19. The molecule has 0 atom stereocenters. The van der Waals surface area contributed by atoms with Crippen LogP contribution >= 0.6 is 11.3 Å². The third-order valence-corrected chi connectivity index (χ3v) is 4.21. The van der Waals surface area contributed by atoms with Crippen LogP contribution in [0.4, 0.5) is 11.7 Å². The lowest BCUT2D eigenvalue weighted by atomic mass is 10.0. The van der Waals surface area contributed by atoms with Gasteiger partial charge in [0.05, 0.1) is 4.70 Å². The highest BCUT2D eigenvalue weighted by Gasteiger charge is 2.12. The number of nitrogens with zero attached hydrogens (tertiary/aromatic N) is 4. The maximum atomic E-state index is 4.85. The number of aromatic nitrogens is 2. The van der Waals surface area contributed by atoms with Crippen molar-refractivity contribution in [1.29, 1.82) is 0 Å². The number of benzene rings is 1. The molecule has 1 aromatic carbocycles. The van der Waals surface area contributed by atoms with Gasteiger partial charge in [-0.15, -0.1) is 16.5 Å². The summed E-state index contributed by atoms with van der Waals surface area (Å²) in [6.07, 6.45) is 2.22. The van der Waals surface area contributed by atoms with Crippen molar-refractivity contribution in [2.75, 3.05) is 0 Å². The van der Waals surface area contributed by atoms with Crippen LogP contribution in [0.1, 0.15) is 22.9 Å². The van der Waals surface area contributed by atoms with E-state index in [0.717, 1.165) is 12.1 Å². The van der Waals surface area contributed by atoms with Crippen LogP contribution in [0.5, 0.6) is 0 Å². The number of hydrogen-bond acceptors (Lipinski definition) is 6. The van der Waals surface area contributed by atoms with E-state index in [1.54, 1.807) is 11.3 Å². The van der Waals surface area contributed by atoms with Crippen LogP contribution in [0.25, 0.3) is 10.1 Å². The van der Waals surface area contributed by atoms with E-state index in [1.807, 2.05) is 0 Å². The third-order valence-electron chi connectivity index (χ3n) is 3.16. The summed E-state index contributed by atoms with van der Waals surface area (Å²) in [5.41, 5.74) is 3.36. The van der Waals surface area contributed by atoms with Crippen LogP contribution in [0.3, 0.4) is 0 Å². The lowest BCUT2D eigenvalue weighted by molar-refractivity contribution is 0.425. The molecule has 0 fully saturated rings. The Morgan fingerprint density at radius 3 is 2.80 bits per heavy atom. The van der Waals surface area contributed by atoms with Gasteiger partial charge >= 0.3 is 6.01 Å². The molecule has 0 aliphatic carbocycles. The zero-order valence-corrected chi connectivity index (χ0v) is 12.4. The summed E-state index contributed by atoms with van der Waals surface area (Å²) in [6.45, 7) is 6.36. The van der Waals surface area contributed by atoms with E-state index in [4.69, 9.17) is 4.52 Å². The van der Waals surface area contributed by atoms with Crippen molar-refractivity contribution in [3.8, 4) is 0 Å². The number of rotatable bonds is 3. The highest BCUT2D eigenvalue weighted by molar-refractivity contribution is 7.19. The first-order valence-corrected chi connectivity index (χ1v) is 7.21. The normalized spacial score (nSPS) is 11.8. The Labute approximate surface area is 120 Å². The Morgan fingerprint density at radius 2 is 2.10 bits per heavy atom. The fourth-order valence-electron chi connectivity index (χ4n) is 2.22. The largest absolute Gasteiger partial charge is 0.365 e. The molecular formula is C14H14N4OS. The molecule has 2 heterocycles. The molecule has 6 heteroatoms. The lowest BCUT2D eigenvalue weighted by Crippen LogP contribution is -1.84. The molecule has 0 aliphatic heterocycles. The van der Waals surface area contributed by atoms with Crippen LogP contribution in [0, 0.1) is 13.8 Å². The number of aryl methyl sites for hydroxylation is 3. The number of azo groups is 1. The van der Waals surface area contributed by atoms with Crippen molar-refractivity contribution in [2.45, 2.75) is 27.2 Å². The van der Waals surface area contributed by atoms with Gasteiger partial charge < -0.3 is 4.52 Å². The summed E-state index contributed by atoms with van der Waals surface area (Å²) in [4.78, 5) is 5.12. The number of thiophene rings is 1. The first-order valence-electron chi connectivity index (χ1n) is 6.40. The standard InChI is InChI=1S/C14H14N4OS/c1-4-10-5-8(2)11-6-9(3)20-13(11)12(10)17-18-14-15-7-16-19-14/h5-7H,4H2,1-3H3. The second kappa shape index (κ2) is 5.13. The molecule has 3 rings (SSSR count). The molecule has 0 saturated carbocycles. The molecule has 2 aromatic heterocycles. The van der Waals surface area contributed by atoms with Crippen LogP contribution in [-0.2, 0) is 6.42 Å². The molecule has 0 bridgehead atoms.